The number of hydrogen-bond acceptors (Lipinski definition) is 8. The molecule has 0 unspecified atom stereocenters. The average molecular weight is 622 g/mol. The molecule has 0 bridgehead atoms. The Morgan fingerprint density at radius 3 is 2.47 bits per heavy atom. The third-order valence-electron chi connectivity index (χ3n) is 6.87. The summed E-state index contributed by atoms with van der Waals surface area (Å²) in [4.78, 5) is 20.5. The maximum absolute atomic E-state index is 14.0. The van der Waals surface area contributed by atoms with E-state index in [1.165, 1.54) is 32.4 Å². The van der Waals surface area contributed by atoms with E-state index < -0.39 is 39.8 Å². The van der Waals surface area contributed by atoms with Crippen molar-refractivity contribution in [2.75, 3.05) is 32.3 Å². The van der Waals surface area contributed by atoms with Crippen molar-refractivity contribution in [3.8, 4) is 11.6 Å². The predicted molar refractivity (Wildman–Crippen MR) is 155 cm³/mol. The SMILES string of the molecule is COc1cc(C(=O)NCC(C)(C)C)ccc1Nc1ncc(C(F)(F)F)c(O[C@@H]2Cc3ccccc3[C@H]2N(C)S(C)(=O)=O)n1. The Balaban J connectivity index is 1.65. The first-order valence-corrected chi connectivity index (χ1v) is 15.2. The number of anilines is 2. The van der Waals surface area contributed by atoms with Crippen molar-refractivity contribution in [1.82, 2.24) is 19.6 Å². The molecule has 2 N–H and O–H groups in total. The minimum absolute atomic E-state index is 0.123. The van der Waals surface area contributed by atoms with Crippen molar-refractivity contribution in [2.24, 2.45) is 5.41 Å². The van der Waals surface area contributed by atoms with Crippen LogP contribution in [0.1, 0.15) is 53.9 Å². The Morgan fingerprint density at radius 2 is 1.84 bits per heavy atom. The van der Waals surface area contributed by atoms with Crippen LogP contribution in [0, 0.1) is 5.41 Å². The maximum Gasteiger partial charge on any atom is 0.423 e. The molecule has 2 atom stereocenters. The van der Waals surface area contributed by atoms with Gasteiger partial charge in [0.25, 0.3) is 5.91 Å². The van der Waals surface area contributed by atoms with Crippen LogP contribution in [-0.4, -0.2) is 61.7 Å². The van der Waals surface area contributed by atoms with Gasteiger partial charge in [0, 0.05) is 31.8 Å². The molecule has 232 valence electrons. The fourth-order valence-corrected chi connectivity index (χ4v) is 5.30. The highest BCUT2D eigenvalue weighted by Gasteiger charge is 2.43. The number of carbonyl (C=O) groups excluding carboxylic acids is 1. The normalized spacial score (nSPS) is 17.0. The summed E-state index contributed by atoms with van der Waals surface area (Å²) < 4.78 is 79.3. The average Bonchev–Trinajstić information content (AvgIpc) is 3.27. The van der Waals surface area contributed by atoms with Gasteiger partial charge in [0.1, 0.15) is 17.4 Å². The molecule has 1 heterocycles. The zero-order chi connectivity index (χ0) is 31.7. The quantitative estimate of drug-likeness (QED) is 0.344. The molecule has 1 aromatic heterocycles. The highest BCUT2D eigenvalue weighted by Crippen LogP contribution is 2.42. The van der Waals surface area contributed by atoms with E-state index in [2.05, 4.69) is 20.6 Å². The van der Waals surface area contributed by atoms with Crippen molar-refractivity contribution in [2.45, 2.75) is 45.5 Å². The topological polar surface area (TPSA) is 123 Å². The Hall–Kier alpha value is -3.91. The molecule has 1 aliphatic carbocycles. The summed E-state index contributed by atoms with van der Waals surface area (Å²) in [5.74, 6) is -1.07. The number of nitrogens with zero attached hydrogens (tertiary/aromatic N) is 3. The predicted octanol–water partition coefficient (Wildman–Crippen LogP) is 4.96. The lowest BCUT2D eigenvalue weighted by molar-refractivity contribution is -0.140. The third kappa shape index (κ3) is 7.54. The van der Waals surface area contributed by atoms with Crippen LogP contribution >= 0.6 is 0 Å². The Morgan fingerprint density at radius 1 is 1.14 bits per heavy atom. The van der Waals surface area contributed by atoms with Crippen molar-refractivity contribution in [3.63, 3.8) is 0 Å². The number of alkyl halides is 3. The minimum atomic E-state index is -4.85. The summed E-state index contributed by atoms with van der Waals surface area (Å²) in [6.07, 6.45) is -4.06. The van der Waals surface area contributed by atoms with Crippen LogP contribution in [0.15, 0.2) is 48.7 Å². The summed E-state index contributed by atoms with van der Waals surface area (Å²) in [5.41, 5.74) is 0.674. The number of likely N-dealkylation sites (N-methyl/N-ethyl adjacent to an activating group) is 1. The van der Waals surface area contributed by atoms with E-state index in [-0.39, 0.29) is 29.4 Å². The van der Waals surface area contributed by atoms with Gasteiger partial charge in [-0.15, -0.1) is 0 Å². The second-order valence-electron chi connectivity index (χ2n) is 11.5. The Labute approximate surface area is 248 Å². The van der Waals surface area contributed by atoms with E-state index in [0.29, 0.717) is 29.6 Å². The highest BCUT2D eigenvalue weighted by molar-refractivity contribution is 7.88. The monoisotopic (exact) mass is 621 g/mol. The van der Waals surface area contributed by atoms with Gasteiger partial charge in [-0.25, -0.2) is 13.4 Å². The minimum Gasteiger partial charge on any atom is -0.495 e. The van der Waals surface area contributed by atoms with Gasteiger partial charge in [0.15, 0.2) is 0 Å². The van der Waals surface area contributed by atoms with E-state index >= 15 is 0 Å². The molecule has 0 radical (unpaired) electrons. The number of fused-ring (bicyclic) bond motifs is 1. The van der Waals surface area contributed by atoms with E-state index in [4.69, 9.17) is 9.47 Å². The molecule has 0 aliphatic heterocycles. The highest BCUT2D eigenvalue weighted by atomic mass is 32.2. The molecular formula is C29H34F3N5O5S. The molecule has 0 spiro atoms. The van der Waals surface area contributed by atoms with Crippen molar-refractivity contribution >= 4 is 27.6 Å². The maximum atomic E-state index is 14.0. The number of nitrogens with one attached hydrogen (secondary N) is 2. The second-order valence-corrected chi connectivity index (χ2v) is 13.5. The molecular weight excluding hydrogens is 587 g/mol. The van der Waals surface area contributed by atoms with Crippen molar-refractivity contribution in [1.29, 1.82) is 0 Å². The lowest BCUT2D eigenvalue weighted by Gasteiger charge is -2.29. The first kappa shape index (κ1) is 32.0. The van der Waals surface area contributed by atoms with Gasteiger partial charge in [0.2, 0.25) is 21.9 Å². The van der Waals surface area contributed by atoms with Crippen LogP contribution in [0.25, 0.3) is 0 Å². The first-order valence-electron chi connectivity index (χ1n) is 13.3. The smallest absolute Gasteiger partial charge is 0.423 e. The van der Waals surface area contributed by atoms with Gasteiger partial charge in [-0.3, -0.25) is 4.79 Å². The van der Waals surface area contributed by atoms with Gasteiger partial charge in [-0.2, -0.15) is 22.5 Å². The largest absolute Gasteiger partial charge is 0.495 e. The van der Waals surface area contributed by atoms with E-state index in [1.807, 2.05) is 20.8 Å². The number of benzene rings is 2. The number of aromatic nitrogens is 2. The van der Waals surface area contributed by atoms with Gasteiger partial charge in [-0.05, 0) is 34.7 Å². The lowest BCUT2D eigenvalue weighted by atomic mass is 9.97. The van der Waals surface area contributed by atoms with Crippen LogP contribution in [0.3, 0.4) is 0 Å². The molecule has 2 aromatic carbocycles. The fraction of sp³-hybridized carbons (Fsp3) is 0.414. The number of ether oxygens (including phenoxy) is 2. The van der Waals surface area contributed by atoms with E-state index in [0.717, 1.165) is 16.1 Å². The number of hydrogen-bond donors (Lipinski definition) is 2. The summed E-state index contributed by atoms with van der Waals surface area (Å²) in [7, 11) is -0.985. The van der Waals surface area contributed by atoms with Gasteiger partial charge < -0.3 is 20.1 Å². The fourth-order valence-electron chi connectivity index (χ4n) is 4.64. The summed E-state index contributed by atoms with van der Waals surface area (Å²) in [5, 5.41) is 5.68. The van der Waals surface area contributed by atoms with Crippen LogP contribution in [-0.2, 0) is 22.6 Å². The van der Waals surface area contributed by atoms with E-state index in [1.54, 1.807) is 24.3 Å². The molecule has 4 rings (SSSR count). The van der Waals surface area contributed by atoms with Gasteiger partial charge in [0.05, 0.1) is 25.1 Å². The molecule has 0 fully saturated rings. The third-order valence-corrected chi connectivity index (χ3v) is 8.15. The van der Waals surface area contributed by atoms with Crippen LogP contribution in [0.4, 0.5) is 24.8 Å². The molecule has 1 aliphatic rings. The zero-order valence-corrected chi connectivity index (χ0v) is 25.4. The number of carbonyl (C=O) groups is 1. The van der Waals surface area contributed by atoms with Gasteiger partial charge >= 0.3 is 6.18 Å². The van der Waals surface area contributed by atoms with Gasteiger partial charge in [-0.1, -0.05) is 45.0 Å². The van der Waals surface area contributed by atoms with Crippen molar-refractivity contribution < 1.29 is 35.9 Å². The molecule has 43 heavy (non-hydrogen) atoms. The summed E-state index contributed by atoms with van der Waals surface area (Å²) in [6, 6.07) is 10.7. The molecule has 0 saturated carbocycles. The lowest BCUT2D eigenvalue weighted by Crippen LogP contribution is -2.38. The molecule has 14 heteroatoms. The van der Waals surface area contributed by atoms with E-state index in [9.17, 15) is 26.4 Å². The number of amides is 1. The number of sulfonamides is 1. The molecule has 0 saturated heterocycles. The van der Waals surface area contributed by atoms with Crippen LogP contribution < -0.4 is 20.1 Å². The van der Waals surface area contributed by atoms with Crippen LogP contribution in [0.2, 0.25) is 0 Å². The molecule has 3 aromatic rings. The van der Waals surface area contributed by atoms with Crippen molar-refractivity contribution in [3.05, 3.63) is 70.9 Å². The van der Waals surface area contributed by atoms with Crippen LogP contribution in [0.5, 0.6) is 11.6 Å². The second kappa shape index (κ2) is 12.0. The summed E-state index contributed by atoms with van der Waals surface area (Å²) in [6.45, 7) is 6.40. The molecule has 1 amide bonds. The zero-order valence-electron chi connectivity index (χ0n) is 24.6. The Bertz CT molecular complexity index is 1610. The Kier molecular flexibility index (Phi) is 8.93. The standard InChI is InChI=1S/C29H34F3N5O5S/c1-28(2,3)16-34-25(38)18-11-12-21(22(14-18)41-5)35-27-33-15-20(29(30,31)32)26(36-27)42-23-13-17-9-7-8-10-19(17)24(23)37(4)43(6,39)40/h7-12,14-15,23-24H,13,16H2,1-6H3,(H,34,38)(H,33,35,36)/t23-,24-/m1/s1. The number of rotatable bonds is 9. The number of methoxy groups -OCH3 is 1. The summed E-state index contributed by atoms with van der Waals surface area (Å²) >= 11 is 0. The first-order chi connectivity index (χ1) is 20.0. The molecule has 10 nitrogen and oxygen atoms in total. The number of halogens is 3.